The summed E-state index contributed by atoms with van der Waals surface area (Å²) in [5.74, 6) is 1.14. The Kier molecular flexibility index (Phi) is 5.50. The maximum atomic E-state index is 4.53. The molecule has 0 aliphatic heterocycles. The van der Waals surface area contributed by atoms with Crippen LogP contribution in [0.2, 0.25) is 0 Å². The van der Waals surface area contributed by atoms with Crippen molar-refractivity contribution in [1.29, 1.82) is 0 Å². The molecule has 0 aliphatic carbocycles. The summed E-state index contributed by atoms with van der Waals surface area (Å²) in [6, 6.07) is 0. The average Bonchev–Trinajstić information content (AvgIpc) is 2.33. The van der Waals surface area contributed by atoms with Crippen LogP contribution in [-0.2, 0) is 0 Å². The second-order valence-corrected chi connectivity index (χ2v) is 4.31. The molecule has 0 bridgehead atoms. The van der Waals surface area contributed by atoms with Gasteiger partial charge in [0.2, 0.25) is 0 Å². The molecule has 0 aliphatic rings. The Bertz CT molecular complexity index is 208. The van der Waals surface area contributed by atoms with Gasteiger partial charge >= 0.3 is 0 Å². The number of rotatable bonds is 2. The van der Waals surface area contributed by atoms with E-state index >= 15 is 0 Å². The summed E-state index contributed by atoms with van der Waals surface area (Å²) in [4.78, 5) is 4.53. The van der Waals surface area contributed by atoms with Crippen molar-refractivity contribution >= 4 is 37.2 Å². The van der Waals surface area contributed by atoms with E-state index in [1.165, 1.54) is 10.7 Å². The maximum absolute atomic E-state index is 4.53. The molecule has 0 fully saturated rings. The van der Waals surface area contributed by atoms with Gasteiger partial charge in [0.15, 0.2) is 0 Å². The monoisotopic (exact) mass is 284 g/mol. The third-order valence-electron chi connectivity index (χ3n) is 1.63. The third kappa shape index (κ3) is 3.09. The van der Waals surface area contributed by atoms with E-state index in [2.05, 4.69) is 38.1 Å². The largest absolute Gasteiger partial charge is 0.246 e. The molecule has 0 amide bonds. The molecule has 0 saturated carbocycles. The van der Waals surface area contributed by atoms with Gasteiger partial charge in [0, 0.05) is 37.1 Å². The Morgan fingerprint density at radius 2 is 1.75 bits per heavy atom. The Morgan fingerprint density at radius 3 is 2.00 bits per heavy atom. The molecular formula is C9H15InNS. The molecule has 0 atom stereocenters. The Hall–Kier alpha value is 0.500. The van der Waals surface area contributed by atoms with Crippen molar-refractivity contribution in [3.8, 4) is 0 Å². The number of hydrogen-bond donors (Lipinski definition) is 0. The molecule has 12 heavy (non-hydrogen) atoms. The smallest absolute Gasteiger partial charge is 0.0953 e. The van der Waals surface area contributed by atoms with Crippen LogP contribution in [0.15, 0.2) is 5.38 Å². The summed E-state index contributed by atoms with van der Waals surface area (Å²) in [6.07, 6.45) is 0. The van der Waals surface area contributed by atoms with Crippen LogP contribution < -0.4 is 0 Å². The second kappa shape index (κ2) is 5.28. The van der Waals surface area contributed by atoms with Crippen molar-refractivity contribution in [2.75, 3.05) is 0 Å². The van der Waals surface area contributed by atoms with E-state index in [1.807, 2.05) is 0 Å². The van der Waals surface area contributed by atoms with Gasteiger partial charge in [-0.1, -0.05) is 27.7 Å². The van der Waals surface area contributed by atoms with Gasteiger partial charge in [0.25, 0.3) is 0 Å². The standard InChI is InChI=1S/C9H15NS.In/c1-6(2)8-5-11-9(10-8)7(3)4;/h5-7H,1-4H3;. The molecule has 3 radical (unpaired) electrons. The van der Waals surface area contributed by atoms with Gasteiger partial charge in [0.05, 0.1) is 10.7 Å². The summed E-state index contributed by atoms with van der Waals surface area (Å²) in [5, 5.41) is 3.42. The van der Waals surface area contributed by atoms with Crippen LogP contribution in [0.5, 0.6) is 0 Å². The van der Waals surface area contributed by atoms with Crippen LogP contribution in [0.3, 0.4) is 0 Å². The van der Waals surface area contributed by atoms with Gasteiger partial charge < -0.3 is 0 Å². The number of hydrogen-bond acceptors (Lipinski definition) is 2. The second-order valence-electron chi connectivity index (χ2n) is 3.42. The van der Waals surface area contributed by atoms with Gasteiger partial charge in [-0.25, -0.2) is 4.98 Å². The summed E-state index contributed by atoms with van der Waals surface area (Å²) in [5.41, 5.74) is 1.23. The van der Waals surface area contributed by atoms with Gasteiger partial charge in [0.1, 0.15) is 0 Å². The molecule has 0 N–H and O–H groups in total. The first-order valence-corrected chi connectivity index (χ1v) is 4.94. The van der Waals surface area contributed by atoms with Crippen molar-refractivity contribution in [3.05, 3.63) is 16.1 Å². The van der Waals surface area contributed by atoms with Crippen molar-refractivity contribution in [1.82, 2.24) is 4.98 Å². The molecule has 1 heterocycles. The zero-order valence-corrected chi connectivity index (χ0v) is 12.3. The molecule has 1 nitrogen and oxygen atoms in total. The summed E-state index contributed by atoms with van der Waals surface area (Å²) in [6.45, 7) is 8.73. The normalized spacial score (nSPS) is 10.5. The Balaban J connectivity index is 0.00000121. The minimum Gasteiger partial charge on any atom is -0.246 e. The maximum Gasteiger partial charge on any atom is 0.0953 e. The molecule has 0 unspecified atom stereocenters. The minimum absolute atomic E-state index is 0. The molecule has 1 rings (SSSR count). The fraction of sp³-hybridized carbons (Fsp3) is 0.667. The fourth-order valence-corrected chi connectivity index (χ4v) is 1.83. The average molecular weight is 284 g/mol. The molecule has 1 aromatic heterocycles. The summed E-state index contributed by atoms with van der Waals surface area (Å²) in [7, 11) is 0. The van der Waals surface area contributed by atoms with Crippen LogP contribution in [0.1, 0.15) is 50.2 Å². The molecule has 0 spiro atoms. The van der Waals surface area contributed by atoms with Crippen molar-refractivity contribution < 1.29 is 0 Å². The van der Waals surface area contributed by atoms with E-state index < -0.39 is 0 Å². The minimum atomic E-state index is 0. The molecule has 1 aromatic rings. The SMILES string of the molecule is CC(C)c1csc(C(C)C)n1.[In]. The Labute approximate surface area is 97.4 Å². The zero-order chi connectivity index (χ0) is 8.43. The molecule has 3 heteroatoms. The zero-order valence-electron chi connectivity index (χ0n) is 8.16. The van der Waals surface area contributed by atoms with Crippen molar-refractivity contribution in [3.63, 3.8) is 0 Å². The van der Waals surface area contributed by atoms with Crippen LogP contribution in [0.25, 0.3) is 0 Å². The van der Waals surface area contributed by atoms with E-state index in [0.29, 0.717) is 11.8 Å². The number of aromatic nitrogens is 1. The molecular weight excluding hydrogens is 269 g/mol. The third-order valence-corrected chi connectivity index (χ3v) is 2.79. The molecule has 0 aromatic carbocycles. The van der Waals surface area contributed by atoms with Crippen LogP contribution in [-0.4, -0.2) is 30.8 Å². The van der Waals surface area contributed by atoms with E-state index in [9.17, 15) is 0 Å². The van der Waals surface area contributed by atoms with Crippen LogP contribution in [0.4, 0.5) is 0 Å². The Morgan fingerprint density at radius 1 is 1.17 bits per heavy atom. The quantitative estimate of drug-likeness (QED) is 0.813. The first-order valence-electron chi connectivity index (χ1n) is 4.06. The van der Waals surface area contributed by atoms with E-state index in [4.69, 9.17) is 0 Å². The first-order chi connectivity index (χ1) is 5.11. The number of nitrogens with zero attached hydrogens (tertiary/aromatic N) is 1. The van der Waals surface area contributed by atoms with Crippen molar-refractivity contribution in [2.45, 2.75) is 39.5 Å². The van der Waals surface area contributed by atoms with Crippen LogP contribution in [0, 0.1) is 0 Å². The van der Waals surface area contributed by atoms with E-state index in [1.54, 1.807) is 11.3 Å². The fourth-order valence-electron chi connectivity index (χ4n) is 0.831. The molecule has 0 saturated heterocycles. The van der Waals surface area contributed by atoms with E-state index in [-0.39, 0.29) is 25.8 Å². The van der Waals surface area contributed by atoms with Crippen LogP contribution >= 0.6 is 11.3 Å². The predicted molar refractivity (Wildman–Crippen MR) is 56.0 cm³/mol. The van der Waals surface area contributed by atoms with Gasteiger partial charge in [-0.2, -0.15) is 0 Å². The van der Waals surface area contributed by atoms with Gasteiger partial charge in [-0.15, -0.1) is 11.3 Å². The number of thiazole rings is 1. The summed E-state index contributed by atoms with van der Waals surface area (Å²) >= 11 is 1.77. The van der Waals surface area contributed by atoms with Gasteiger partial charge in [-0.05, 0) is 5.92 Å². The van der Waals surface area contributed by atoms with Crippen molar-refractivity contribution in [2.24, 2.45) is 0 Å². The first kappa shape index (κ1) is 12.5. The predicted octanol–water partition coefficient (Wildman–Crippen LogP) is 3.01. The summed E-state index contributed by atoms with van der Waals surface area (Å²) < 4.78 is 0. The van der Waals surface area contributed by atoms with E-state index in [0.717, 1.165) is 0 Å². The topological polar surface area (TPSA) is 12.9 Å². The van der Waals surface area contributed by atoms with Gasteiger partial charge in [-0.3, -0.25) is 0 Å². The molecule has 65 valence electrons.